The van der Waals surface area contributed by atoms with Crippen LogP contribution in [0.1, 0.15) is 32.6 Å². The number of nitrogens with zero attached hydrogens (tertiary/aromatic N) is 1. The molecule has 1 heterocycles. The number of amides is 2. The molecule has 0 aromatic heterocycles. The van der Waals surface area contributed by atoms with E-state index in [1.54, 1.807) is 11.8 Å². The summed E-state index contributed by atoms with van der Waals surface area (Å²) in [6.07, 6.45) is 3.03. The molecule has 1 aliphatic heterocycles. The Labute approximate surface area is 153 Å². The molecule has 4 nitrogen and oxygen atoms in total. The molecule has 0 unspecified atom stereocenters. The maximum Gasteiger partial charge on any atom is 0.223 e. The molecule has 132 valence electrons. The van der Waals surface area contributed by atoms with E-state index in [0.717, 1.165) is 34.9 Å². The predicted octanol–water partition coefficient (Wildman–Crippen LogP) is 3.59. The lowest BCUT2D eigenvalue weighted by molar-refractivity contribution is -0.135. The maximum atomic E-state index is 12.2. The quantitative estimate of drug-likeness (QED) is 0.591. The number of nitrogens with one attached hydrogen (secondary N) is 1. The standard InChI is InChI=1S/C18H25ClN2O2S/c1-2-3-17(22)21-11-8-14(9-12-21)18(23)20-10-13-24-16-6-4-15(19)5-7-16/h4-7,14H,2-3,8-13H2,1H3,(H,20,23). The Balaban J connectivity index is 1.63. The number of benzene rings is 1. The SMILES string of the molecule is CCCC(=O)N1CCC(C(=O)NCCSc2ccc(Cl)cc2)CC1. The van der Waals surface area contributed by atoms with Crippen molar-refractivity contribution in [3.8, 4) is 0 Å². The van der Waals surface area contributed by atoms with Gasteiger partial charge in [-0.05, 0) is 43.5 Å². The molecule has 1 aromatic rings. The number of carbonyl (C=O) groups excluding carboxylic acids is 2. The van der Waals surface area contributed by atoms with Crippen molar-refractivity contribution in [1.29, 1.82) is 0 Å². The van der Waals surface area contributed by atoms with E-state index in [2.05, 4.69) is 5.32 Å². The molecule has 0 spiro atoms. The van der Waals surface area contributed by atoms with Crippen molar-refractivity contribution in [2.24, 2.45) is 5.92 Å². The summed E-state index contributed by atoms with van der Waals surface area (Å²) in [7, 11) is 0. The second kappa shape index (κ2) is 9.94. The Kier molecular flexibility index (Phi) is 7.92. The van der Waals surface area contributed by atoms with Crippen molar-refractivity contribution in [1.82, 2.24) is 10.2 Å². The highest BCUT2D eigenvalue weighted by Gasteiger charge is 2.26. The lowest BCUT2D eigenvalue weighted by atomic mass is 9.95. The maximum absolute atomic E-state index is 12.2. The topological polar surface area (TPSA) is 49.4 Å². The molecule has 2 amide bonds. The summed E-state index contributed by atoms with van der Waals surface area (Å²) in [6.45, 7) is 4.08. The zero-order valence-electron chi connectivity index (χ0n) is 14.1. The number of hydrogen-bond donors (Lipinski definition) is 1. The Morgan fingerprint density at radius 1 is 1.25 bits per heavy atom. The van der Waals surface area contributed by atoms with E-state index in [1.165, 1.54) is 0 Å². The summed E-state index contributed by atoms with van der Waals surface area (Å²) >= 11 is 7.56. The van der Waals surface area contributed by atoms with Crippen LogP contribution < -0.4 is 5.32 Å². The molecule has 0 aliphatic carbocycles. The molecule has 0 radical (unpaired) electrons. The molecule has 1 fully saturated rings. The lowest BCUT2D eigenvalue weighted by Crippen LogP contribution is -2.43. The van der Waals surface area contributed by atoms with Gasteiger partial charge in [0.25, 0.3) is 0 Å². The molecular weight excluding hydrogens is 344 g/mol. The molecule has 24 heavy (non-hydrogen) atoms. The third kappa shape index (κ3) is 6.02. The smallest absolute Gasteiger partial charge is 0.223 e. The number of likely N-dealkylation sites (tertiary alicyclic amines) is 1. The van der Waals surface area contributed by atoms with E-state index in [0.29, 0.717) is 26.1 Å². The molecule has 2 rings (SSSR count). The van der Waals surface area contributed by atoms with Gasteiger partial charge in [0.15, 0.2) is 0 Å². The van der Waals surface area contributed by atoms with Crippen LogP contribution in [0.2, 0.25) is 5.02 Å². The molecule has 0 atom stereocenters. The van der Waals surface area contributed by atoms with Crippen molar-refractivity contribution < 1.29 is 9.59 Å². The highest BCUT2D eigenvalue weighted by atomic mass is 35.5. The van der Waals surface area contributed by atoms with E-state index in [9.17, 15) is 9.59 Å². The van der Waals surface area contributed by atoms with Gasteiger partial charge in [0.2, 0.25) is 11.8 Å². The number of piperidine rings is 1. The first kappa shape index (κ1) is 19.1. The summed E-state index contributed by atoms with van der Waals surface area (Å²) in [5.74, 6) is 1.21. The number of hydrogen-bond acceptors (Lipinski definition) is 3. The zero-order valence-corrected chi connectivity index (χ0v) is 15.7. The molecule has 1 N–H and O–H groups in total. The summed E-state index contributed by atoms with van der Waals surface area (Å²) < 4.78 is 0. The van der Waals surface area contributed by atoms with Crippen LogP contribution in [0.4, 0.5) is 0 Å². The van der Waals surface area contributed by atoms with Crippen molar-refractivity contribution in [2.45, 2.75) is 37.5 Å². The van der Waals surface area contributed by atoms with E-state index in [-0.39, 0.29) is 17.7 Å². The van der Waals surface area contributed by atoms with Crippen LogP contribution in [0.5, 0.6) is 0 Å². The monoisotopic (exact) mass is 368 g/mol. The second-order valence-corrected chi connectivity index (χ2v) is 7.60. The largest absolute Gasteiger partial charge is 0.355 e. The number of halogens is 1. The Morgan fingerprint density at radius 2 is 1.92 bits per heavy atom. The van der Waals surface area contributed by atoms with Crippen molar-refractivity contribution in [3.63, 3.8) is 0 Å². The third-order valence-corrected chi connectivity index (χ3v) is 5.43. The second-order valence-electron chi connectivity index (χ2n) is 6.00. The summed E-state index contributed by atoms with van der Waals surface area (Å²) in [6, 6.07) is 7.71. The fourth-order valence-corrected chi connectivity index (χ4v) is 3.68. The number of rotatable bonds is 7. The van der Waals surface area contributed by atoms with E-state index in [4.69, 9.17) is 11.6 Å². The summed E-state index contributed by atoms with van der Waals surface area (Å²) in [5.41, 5.74) is 0. The van der Waals surface area contributed by atoms with E-state index in [1.807, 2.05) is 36.1 Å². The van der Waals surface area contributed by atoms with Gasteiger partial charge in [0.1, 0.15) is 0 Å². The van der Waals surface area contributed by atoms with Crippen LogP contribution in [0.3, 0.4) is 0 Å². The average Bonchev–Trinajstić information content (AvgIpc) is 2.60. The van der Waals surface area contributed by atoms with Gasteiger partial charge in [-0.25, -0.2) is 0 Å². The fourth-order valence-electron chi connectivity index (χ4n) is 2.78. The molecule has 0 bridgehead atoms. The van der Waals surface area contributed by atoms with Gasteiger partial charge in [0.05, 0.1) is 0 Å². The molecule has 1 aliphatic rings. The molecule has 1 aromatic carbocycles. The minimum atomic E-state index is 0.0382. The predicted molar refractivity (Wildman–Crippen MR) is 99.4 cm³/mol. The number of carbonyl (C=O) groups is 2. The first-order valence-corrected chi connectivity index (χ1v) is 9.90. The van der Waals surface area contributed by atoms with Crippen LogP contribution in [0, 0.1) is 5.92 Å². The Morgan fingerprint density at radius 3 is 2.54 bits per heavy atom. The summed E-state index contributed by atoms with van der Waals surface area (Å²) in [5, 5.41) is 3.75. The van der Waals surface area contributed by atoms with Gasteiger partial charge in [-0.1, -0.05) is 18.5 Å². The van der Waals surface area contributed by atoms with Crippen LogP contribution in [-0.2, 0) is 9.59 Å². The normalized spacial score (nSPS) is 15.3. The van der Waals surface area contributed by atoms with Gasteiger partial charge < -0.3 is 10.2 Å². The van der Waals surface area contributed by atoms with Crippen LogP contribution in [0.25, 0.3) is 0 Å². The van der Waals surface area contributed by atoms with Crippen molar-refractivity contribution in [3.05, 3.63) is 29.3 Å². The molecule has 0 saturated carbocycles. The highest BCUT2D eigenvalue weighted by molar-refractivity contribution is 7.99. The highest BCUT2D eigenvalue weighted by Crippen LogP contribution is 2.20. The van der Waals surface area contributed by atoms with Crippen LogP contribution in [-0.4, -0.2) is 42.1 Å². The van der Waals surface area contributed by atoms with Gasteiger partial charge in [-0.3, -0.25) is 9.59 Å². The molecular formula is C18H25ClN2O2S. The first-order chi connectivity index (χ1) is 11.6. The van der Waals surface area contributed by atoms with E-state index >= 15 is 0 Å². The van der Waals surface area contributed by atoms with Gasteiger partial charge in [-0.2, -0.15) is 0 Å². The first-order valence-electron chi connectivity index (χ1n) is 8.54. The Hall–Kier alpha value is -1.20. The minimum absolute atomic E-state index is 0.0382. The van der Waals surface area contributed by atoms with Crippen LogP contribution >= 0.6 is 23.4 Å². The third-order valence-electron chi connectivity index (χ3n) is 4.17. The van der Waals surface area contributed by atoms with Gasteiger partial charge in [-0.15, -0.1) is 11.8 Å². The van der Waals surface area contributed by atoms with E-state index < -0.39 is 0 Å². The molecule has 1 saturated heterocycles. The van der Waals surface area contributed by atoms with Gasteiger partial charge in [0, 0.05) is 47.6 Å². The minimum Gasteiger partial charge on any atom is -0.355 e. The Bertz CT molecular complexity index is 542. The molecule has 6 heteroatoms. The lowest BCUT2D eigenvalue weighted by Gasteiger charge is -2.31. The zero-order chi connectivity index (χ0) is 17.4. The number of thioether (sulfide) groups is 1. The summed E-state index contributed by atoms with van der Waals surface area (Å²) in [4.78, 5) is 27.1. The average molecular weight is 369 g/mol. The van der Waals surface area contributed by atoms with Crippen molar-refractivity contribution >= 4 is 35.2 Å². The van der Waals surface area contributed by atoms with Crippen LogP contribution in [0.15, 0.2) is 29.2 Å². The van der Waals surface area contributed by atoms with Crippen molar-refractivity contribution in [2.75, 3.05) is 25.4 Å². The van der Waals surface area contributed by atoms with Gasteiger partial charge >= 0.3 is 0 Å². The fraction of sp³-hybridized carbons (Fsp3) is 0.556.